The number of hydrogen-bond donors (Lipinski definition) is 3. The van der Waals surface area contributed by atoms with E-state index in [-0.39, 0.29) is 11.8 Å². The molecule has 12 heteroatoms. The van der Waals surface area contributed by atoms with Gasteiger partial charge in [0.1, 0.15) is 11.4 Å². The van der Waals surface area contributed by atoms with Gasteiger partial charge in [0.05, 0.1) is 5.92 Å². The highest BCUT2D eigenvalue weighted by molar-refractivity contribution is 5.96. The minimum absolute atomic E-state index is 0.0242. The molecule has 256 valence electrons. The minimum atomic E-state index is -0.671. The number of carboxylic acids is 1. The zero-order chi connectivity index (χ0) is 36.1. The van der Waals surface area contributed by atoms with Gasteiger partial charge in [-0.2, -0.15) is 4.98 Å². The average molecular weight is 673 g/mol. The zero-order valence-corrected chi connectivity index (χ0v) is 28.5. The maximum atomic E-state index is 10.2. The molecular weight excluding hydrogens is 632 g/mol. The van der Waals surface area contributed by atoms with Crippen molar-refractivity contribution in [1.82, 2.24) is 30.1 Å². The van der Waals surface area contributed by atoms with E-state index < -0.39 is 5.97 Å². The molecule has 5 aromatic heterocycles. The summed E-state index contributed by atoms with van der Waals surface area (Å²) in [5, 5.41) is 23.8. The molecule has 0 bridgehead atoms. The smallest absolute Gasteiger partial charge is 0.306 e. The molecule has 50 heavy (non-hydrogen) atoms. The maximum absolute atomic E-state index is 10.2. The highest BCUT2D eigenvalue weighted by Gasteiger charge is 2.16. The minimum Gasteiger partial charge on any atom is -0.481 e. The molecule has 0 saturated heterocycles. The van der Waals surface area contributed by atoms with Crippen molar-refractivity contribution in [1.29, 1.82) is 0 Å². The second kappa shape index (κ2) is 20.8. The third-order valence-corrected chi connectivity index (χ3v) is 7.33. The lowest BCUT2D eigenvalue weighted by Gasteiger charge is -2.04. The van der Waals surface area contributed by atoms with Crippen molar-refractivity contribution in [3.8, 4) is 35.1 Å². The first-order chi connectivity index (χ1) is 24.3. The van der Waals surface area contributed by atoms with Gasteiger partial charge in [0, 0.05) is 65.4 Å². The fourth-order valence-electron chi connectivity index (χ4n) is 4.21. The van der Waals surface area contributed by atoms with Gasteiger partial charge in [0.25, 0.3) is 0 Å². The number of pyridine rings is 4. The standard InChI is InChI=1S/C19H18N4O.C13H10N4O.C6H12O2/c1-3-15(4-2)19-22-18(23-24-19)16-6-8-17(21-13-16)7-5-14-9-11-20-12-10-14;14-13(17-18)11-2-4-12(16-9-11)3-1-10-5-7-15-8-6-10;1-3-5(4-2)6(7)8/h6,8-13,15H,3-4H2,1-2H3;2,4-9,18H,(H2,14,17);5H,3-4H2,1-2H3,(H,7,8). The number of aromatic nitrogens is 6. The molecule has 0 aliphatic carbocycles. The van der Waals surface area contributed by atoms with Gasteiger partial charge in [-0.25, -0.2) is 9.97 Å². The fourth-order valence-corrected chi connectivity index (χ4v) is 4.21. The van der Waals surface area contributed by atoms with Crippen LogP contribution in [0.1, 0.15) is 93.3 Å². The Hall–Kier alpha value is -6.40. The van der Waals surface area contributed by atoms with E-state index in [1.807, 2.05) is 50.2 Å². The molecule has 4 N–H and O–H groups in total. The van der Waals surface area contributed by atoms with Gasteiger partial charge < -0.3 is 20.6 Å². The van der Waals surface area contributed by atoms with Crippen molar-refractivity contribution in [2.75, 3.05) is 0 Å². The van der Waals surface area contributed by atoms with Crippen molar-refractivity contribution < 1.29 is 19.6 Å². The molecule has 0 aliphatic rings. The number of hydrogen-bond acceptors (Lipinski definition) is 10. The Kier molecular flexibility index (Phi) is 15.8. The lowest BCUT2D eigenvalue weighted by Crippen LogP contribution is -2.13. The third-order valence-electron chi connectivity index (χ3n) is 7.33. The van der Waals surface area contributed by atoms with Crippen LogP contribution < -0.4 is 5.73 Å². The molecule has 0 radical (unpaired) electrons. The summed E-state index contributed by atoms with van der Waals surface area (Å²) in [7, 11) is 0. The topological polar surface area (TPSA) is 186 Å². The third kappa shape index (κ3) is 12.3. The average Bonchev–Trinajstić information content (AvgIpc) is 3.65. The van der Waals surface area contributed by atoms with Crippen LogP contribution in [0.15, 0.2) is 95.4 Å². The second-order valence-corrected chi connectivity index (χ2v) is 10.6. The van der Waals surface area contributed by atoms with Gasteiger partial charge in [0.2, 0.25) is 11.7 Å². The highest BCUT2D eigenvalue weighted by Crippen LogP contribution is 2.24. The summed E-state index contributed by atoms with van der Waals surface area (Å²) in [6.07, 6.45) is 13.5. The molecule has 12 nitrogen and oxygen atoms in total. The molecule has 5 aromatic rings. The van der Waals surface area contributed by atoms with E-state index in [1.165, 1.54) is 6.20 Å². The Bertz CT molecular complexity index is 1900. The molecule has 0 atom stereocenters. The van der Waals surface area contributed by atoms with Crippen LogP contribution in [-0.4, -0.2) is 52.2 Å². The number of oxime groups is 1. The summed E-state index contributed by atoms with van der Waals surface area (Å²) >= 11 is 0. The predicted molar refractivity (Wildman–Crippen MR) is 190 cm³/mol. The van der Waals surface area contributed by atoms with Gasteiger partial charge >= 0.3 is 5.97 Å². The van der Waals surface area contributed by atoms with Gasteiger partial charge in [-0.15, -0.1) is 0 Å². The van der Waals surface area contributed by atoms with Crippen molar-refractivity contribution in [3.63, 3.8) is 0 Å². The molecule has 0 amide bonds. The number of rotatable bonds is 8. The summed E-state index contributed by atoms with van der Waals surface area (Å²) in [5.74, 6) is 12.7. The van der Waals surface area contributed by atoms with Crippen molar-refractivity contribution in [2.45, 2.75) is 59.3 Å². The van der Waals surface area contributed by atoms with Crippen molar-refractivity contribution in [3.05, 3.63) is 120 Å². The van der Waals surface area contributed by atoms with Crippen molar-refractivity contribution >= 4 is 11.8 Å². The van der Waals surface area contributed by atoms with E-state index in [0.29, 0.717) is 34.6 Å². The molecule has 5 rings (SSSR count). The van der Waals surface area contributed by atoms with Gasteiger partial charge in [-0.3, -0.25) is 14.8 Å². The Morgan fingerprint density at radius 2 is 1.32 bits per heavy atom. The Morgan fingerprint density at radius 1 is 0.780 bits per heavy atom. The molecule has 0 unspecified atom stereocenters. The number of carbonyl (C=O) groups is 1. The number of aliphatic carboxylic acids is 1. The summed E-state index contributed by atoms with van der Waals surface area (Å²) in [6, 6.07) is 14.5. The second-order valence-electron chi connectivity index (χ2n) is 10.6. The van der Waals surface area contributed by atoms with Gasteiger partial charge in [0.15, 0.2) is 5.84 Å². The quantitative estimate of drug-likeness (QED) is 0.0551. The first-order valence-corrected chi connectivity index (χ1v) is 16.1. The molecular formula is C38H40N8O4. The Labute approximate surface area is 292 Å². The first-order valence-electron chi connectivity index (χ1n) is 16.1. The SMILES string of the molecule is CCC(CC)C(=O)O.CCC(CC)c1nc(-c2ccc(C#Cc3ccncc3)nc2)no1.N/C(=N\O)c1ccc(C#Cc2ccncc2)nc1. The summed E-state index contributed by atoms with van der Waals surface area (Å²) in [5.41, 5.74) is 9.88. The van der Waals surface area contributed by atoms with Crippen LogP contribution in [0.2, 0.25) is 0 Å². The monoisotopic (exact) mass is 672 g/mol. The predicted octanol–water partition coefficient (Wildman–Crippen LogP) is 6.31. The van der Waals surface area contributed by atoms with Crippen LogP contribution in [0.5, 0.6) is 0 Å². The zero-order valence-electron chi connectivity index (χ0n) is 28.5. The van der Waals surface area contributed by atoms with Crippen LogP contribution in [0, 0.1) is 29.6 Å². The van der Waals surface area contributed by atoms with E-state index in [1.54, 1.807) is 43.1 Å². The Balaban J connectivity index is 0.000000229. The van der Waals surface area contributed by atoms with E-state index in [9.17, 15) is 4.79 Å². The first kappa shape index (κ1) is 38.1. The Morgan fingerprint density at radius 3 is 1.72 bits per heavy atom. The largest absolute Gasteiger partial charge is 0.481 e. The maximum Gasteiger partial charge on any atom is 0.306 e. The van der Waals surface area contributed by atoms with Crippen LogP contribution in [0.25, 0.3) is 11.4 Å². The van der Waals surface area contributed by atoms with Crippen LogP contribution in [-0.2, 0) is 4.79 Å². The fraction of sp³-hybridized carbons (Fsp3) is 0.263. The summed E-state index contributed by atoms with van der Waals surface area (Å²) in [6.45, 7) is 8.02. The highest BCUT2D eigenvalue weighted by atomic mass is 16.5. The van der Waals surface area contributed by atoms with Gasteiger partial charge in [-0.1, -0.05) is 49.8 Å². The van der Waals surface area contributed by atoms with Crippen LogP contribution in [0.3, 0.4) is 0 Å². The molecule has 5 heterocycles. The lowest BCUT2D eigenvalue weighted by atomic mass is 10.0. The number of amidine groups is 1. The molecule has 0 spiro atoms. The van der Waals surface area contributed by atoms with E-state index >= 15 is 0 Å². The number of nitrogens with zero attached hydrogens (tertiary/aromatic N) is 7. The lowest BCUT2D eigenvalue weighted by molar-refractivity contribution is -0.141. The van der Waals surface area contributed by atoms with E-state index in [4.69, 9.17) is 20.6 Å². The molecule has 0 saturated carbocycles. The number of nitrogens with two attached hydrogens (primary N) is 1. The number of carboxylic acid groups (broad SMARTS) is 1. The van der Waals surface area contributed by atoms with Crippen molar-refractivity contribution in [2.24, 2.45) is 16.8 Å². The molecule has 0 aliphatic heterocycles. The summed E-state index contributed by atoms with van der Waals surface area (Å²) < 4.78 is 5.38. The van der Waals surface area contributed by atoms with E-state index in [2.05, 4.69) is 72.8 Å². The molecule has 0 fully saturated rings. The normalized spacial score (nSPS) is 10.4. The van der Waals surface area contributed by atoms with Crippen LogP contribution in [0.4, 0.5) is 0 Å². The van der Waals surface area contributed by atoms with E-state index in [0.717, 1.165) is 42.4 Å². The van der Waals surface area contributed by atoms with Gasteiger partial charge in [-0.05, 0) is 86.1 Å². The van der Waals surface area contributed by atoms with Crippen LogP contribution >= 0.6 is 0 Å². The molecule has 0 aromatic carbocycles. The summed E-state index contributed by atoms with van der Waals surface area (Å²) in [4.78, 5) is 31.0.